The number of allylic oxidation sites excluding steroid dienone is 2. The molecule has 41 heavy (non-hydrogen) atoms. The third kappa shape index (κ3) is 4.28. The second-order valence-electron chi connectivity index (χ2n) is 8.56. The summed E-state index contributed by atoms with van der Waals surface area (Å²) in [5.41, 5.74) is 0.943. The first-order valence-electron chi connectivity index (χ1n) is 11.7. The van der Waals surface area contributed by atoms with Crippen LogP contribution in [0.4, 0.5) is 8.78 Å². The molecule has 2 aromatic carbocycles. The first-order valence-corrected chi connectivity index (χ1v) is 11.7. The maximum absolute atomic E-state index is 14.3. The summed E-state index contributed by atoms with van der Waals surface area (Å²) in [5, 5.41) is 19.7. The van der Waals surface area contributed by atoms with Gasteiger partial charge in [0, 0.05) is 41.2 Å². The molecule has 192 valence electrons. The standard InChI is InChI=1S/C28H11F2N11/c1-13(24-36-20-9-15(29)8-18(30)23(20)38-24)25-39-26(14-4-3-7-34-12-14)41-27(40-25)16-5-6-19-22(17(16)10-31)37-28(35-19)21(11-32)33-2/h3-9,12H,1H3/b24-13-,28-21+. The number of aromatic nitrogens is 4. The van der Waals surface area contributed by atoms with Gasteiger partial charge in [-0.1, -0.05) is 0 Å². The van der Waals surface area contributed by atoms with Crippen molar-refractivity contribution >= 4 is 5.57 Å². The summed E-state index contributed by atoms with van der Waals surface area (Å²) in [7, 11) is 0. The van der Waals surface area contributed by atoms with Gasteiger partial charge in [0.1, 0.15) is 22.6 Å². The lowest BCUT2D eigenvalue weighted by Gasteiger charge is -2.09. The summed E-state index contributed by atoms with van der Waals surface area (Å²) in [6.07, 6.45) is 3.14. The van der Waals surface area contributed by atoms with Crippen LogP contribution in [0.15, 0.2) is 86.1 Å². The molecule has 0 amide bonds. The fourth-order valence-electron chi connectivity index (χ4n) is 4.11. The number of nitriles is 2. The molecule has 6 rings (SSSR count). The third-order valence-corrected chi connectivity index (χ3v) is 6.06. The molecular weight excluding hydrogens is 528 g/mol. The minimum atomic E-state index is -0.851. The first-order chi connectivity index (χ1) is 19.9. The Kier molecular flexibility index (Phi) is 5.91. The fraction of sp³-hybridized carbons (Fsp3) is 0.0357. The highest BCUT2D eigenvalue weighted by Gasteiger charge is 2.21. The summed E-state index contributed by atoms with van der Waals surface area (Å²) >= 11 is 0. The monoisotopic (exact) mass is 539 g/mol. The molecule has 0 radical (unpaired) electrons. The molecule has 4 aromatic rings. The molecule has 0 aliphatic carbocycles. The van der Waals surface area contributed by atoms with E-state index in [1.807, 2.05) is 0 Å². The topological polar surface area (TPSA) is 153 Å². The van der Waals surface area contributed by atoms with E-state index in [4.69, 9.17) is 6.57 Å². The third-order valence-electron chi connectivity index (χ3n) is 6.06. The van der Waals surface area contributed by atoms with E-state index >= 15 is 0 Å². The molecule has 2 aromatic heterocycles. The van der Waals surface area contributed by atoms with Gasteiger partial charge in [0.2, 0.25) is 0 Å². The lowest BCUT2D eigenvalue weighted by atomic mass is 10.1. The zero-order valence-electron chi connectivity index (χ0n) is 20.8. The van der Waals surface area contributed by atoms with Crippen molar-refractivity contribution in [2.45, 2.75) is 6.92 Å². The molecular formula is C28H11F2N11. The van der Waals surface area contributed by atoms with Gasteiger partial charge in [0.05, 0.1) is 28.9 Å². The number of hydrogen-bond donors (Lipinski definition) is 0. The van der Waals surface area contributed by atoms with Gasteiger partial charge in [-0.2, -0.15) is 5.26 Å². The number of pyridine rings is 1. The molecule has 0 saturated carbocycles. The van der Waals surface area contributed by atoms with Crippen LogP contribution in [-0.2, 0) is 0 Å². The van der Waals surface area contributed by atoms with E-state index in [1.54, 1.807) is 49.7 Å². The van der Waals surface area contributed by atoms with Gasteiger partial charge in [0.25, 0.3) is 0 Å². The second kappa shape index (κ2) is 9.73. The van der Waals surface area contributed by atoms with Crippen LogP contribution in [0.3, 0.4) is 0 Å². The molecule has 2 aliphatic heterocycles. The number of fused-ring (bicyclic) bond motifs is 2. The molecule has 2 aliphatic rings. The van der Waals surface area contributed by atoms with Crippen molar-refractivity contribution in [2.24, 2.45) is 20.0 Å². The Balaban J connectivity index is 1.60. The summed E-state index contributed by atoms with van der Waals surface area (Å²) in [4.78, 5) is 37.9. The smallest absolute Gasteiger partial charge is 0.264 e. The minimum absolute atomic E-state index is 0.0365. The highest BCUT2D eigenvalue weighted by atomic mass is 19.1. The van der Waals surface area contributed by atoms with Crippen molar-refractivity contribution in [3.05, 3.63) is 122 Å². The van der Waals surface area contributed by atoms with E-state index in [0.717, 1.165) is 12.1 Å². The van der Waals surface area contributed by atoms with Crippen molar-refractivity contribution in [2.75, 3.05) is 0 Å². The van der Waals surface area contributed by atoms with Gasteiger partial charge >= 0.3 is 5.70 Å². The zero-order chi connectivity index (χ0) is 28.7. The number of rotatable bonds is 3. The van der Waals surface area contributed by atoms with Gasteiger partial charge in [0.15, 0.2) is 34.9 Å². The summed E-state index contributed by atoms with van der Waals surface area (Å²) in [6, 6.07) is 12.3. The van der Waals surface area contributed by atoms with Crippen molar-refractivity contribution in [3.63, 3.8) is 0 Å². The highest BCUT2D eigenvalue weighted by molar-refractivity contribution is 5.70. The second-order valence-corrected chi connectivity index (χ2v) is 8.56. The van der Waals surface area contributed by atoms with Gasteiger partial charge in [-0.3, -0.25) is 4.98 Å². The normalized spacial score (nSPS) is 15.0. The maximum Gasteiger partial charge on any atom is 0.305 e. The van der Waals surface area contributed by atoms with Crippen LogP contribution in [-0.4, -0.2) is 19.9 Å². The predicted octanol–water partition coefficient (Wildman–Crippen LogP) is 2.26. The van der Waals surface area contributed by atoms with E-state index in [1.165, 1.54) is 0 Å². The Morgan fingerprint density at radius 2 is 1.68 bits per heavy atom. The summed E-state index contributed by atoms with van der Waals surface area (Å²) < 4.78 is 28.1. The lowest BCUT2D eigenvalue weighted by molar-refractivity contribution is 0.571. The molecule has 0 spiro atoms. The van der Waals surface area contributed by atoms with Crippen LogP contribution in [0.1, 0.15) is 18.3 Å². The van der Waals surface area contributed by atoms with Crippen LogP contribution in [0.5, 0.6) is 0 Å². The van der Waals surface area contributed by atoms with Crippen molar-refractivity contribution in [1.29, 1.82) is 10.5 Å². The van der Waals surface area contributed by atoms with Gasteiger partial charge in [-0.05, 0) is 31.2 Å². The molecule has 0 unspecified atom stereocenters. The van der Waals surface area contributed by atoms with Crippen molar-refractivity contribution < 1.29 is 8.78 Å². The van der Waals surface area contributed by atoms with Crippen molar-refractivity contribution in [3.8, 4) is 34.9 Å². The van der Waals surface area contributed by atoms with Crippen molar-refractivity contribution in [1.82, 2.24) is 19.9 Å². The molecule has 0 fully saturated rings. The van der Waals surface area contributed by atoms with Crippen LogP contribution in [0, 0.1) is 40.9 Å². The SMILES string of the molecule is [C-]#[N+]/C(C#N)=C1\N=c2ccc(-c3nc(/C(C)=C4/N=c5cc(F)cc(F)c5=N4)nc(-c4cccnc4)n3)c(C#N)c2=N1. The number of hydrogen-bond acceptors (Lipinski definition) is 10. The number of nitrogens with zero attached hydrogens (tertiary/aromatic N) is 11. The van der Waals surface area contributed by atoms with Crippen LogP contribution in [0.25, 0.3) is 33.2 Å². The molecule has 0 saturated heterocycles. The molecule has 4 heterocycles. The minimum Gasteiger partial charge on any atom is -0.264 e. The Morgan fingerprint density at radius 3 is 2.41 bits per heavy atom. The van der Waals surface area contributed by atoms with Gasteiger partial charge < -0.3 is 0 Å². The molecule has 13 heteroatoms. The van der Waals surface area contributed by atoms with E-state index in [-0.39, 0.29) is 62.0 Å². The maximum atomic E-state index is 14.3. The summed E-state index contributed by atoms with van der Waals surface area (Å²) in [6.45, 7) is 8.81. The van der Waals surface area contributed by atoms with E-state index in [2.05, 4.69) is 50.8 Å². The number of halogens is 2. The van der Waals surface area contributed by atoms with Gasteiger partial charge in [-0.15, -0.1) is 0 Å². The molecule has 11 nitrogen and oxygen atoms in total. The quantitative estimate of drug-likeness (QED) is 0.288. The van der Waals surface area contributed by atoms with Gasteiger partial charge in [-0.25, -0.2) is 53.8 Å². The lowest BCUT2D eigenvalue weighted by Crippen LogP contribution is -2.25. The van der Waals surface area contributed by atoms with E-state index < -0.39 is 11.6 Å². The summed E-state index contributed by atoms with van der Waals surface area (Å²) in [5.74, 6) is -1.20. The Labute approximate surface area is 228 Å². The zero-order valence-corrected chi connectivity index (χ0v) is 20.8. The van der Waals surface area contributed by atoms with Crippen LogP contribution >= 0.6 is 0 Å². The van der Waals surface area contributed by atoms with Crippen LogP contribution < -0.4 is 21.4 Å². The molecule has 0 bridgehead atoms. The Hall–Kier alpha value is -6.39. The Morgan fingerprint density at radius 1 is 0.902 bits per heavy atom. The fourth-order valence-corrected chi connectivity index (χ4v) is 4.11. The Bertz CT molecular complexity index is 2260. The molecule has 0 atom stereocenters. The number of benzene rings is 2. The average molecular weight is 539 g/mol. The largest absolute Gasteiger partial charge is 0.305 e. The average Bonchev–Trinajstić information content (AvgIpc) is 3.62. The van der Waals surface area contributed by atoms with E-state index in [0.29, 0.717) is 16.5 Å². The van der Waals surface area contributed by atoms with E-state index in [9.17, 15) is 19.3 Å². The predicted molar refractivity (Wildman–Crippen MR) is 136 cm³/mol. The first kappa shape index (κ1) is 24.9. The highest BCUT2D eigenvalue weighted by Crippen LogP contribution is 2.25. The molecule has 0 N–H and O–H groups in total. The van der Waals surface area contributed by atoms with Crippen LogP contribution in [0.2, 0.25) is 0 Å².